The molecule has 0 bridgehead atoms. The zero-order valence-corrected chi connectivity index (χ0v) is 14.6. The van der Waals surface area contributed by atoms with Gasteiger partial charge in [-0.15, -0.1) is 5.92 Å². The average Bonchev–Trinajstić information content (AvgIpc) is 3.15. The van der Waals surface area contributed by atoms with Crippen LogP contribution in [0, 0.1) is 11.8 Å². The first-order valence-electron chi connectivity index (χ1n) is 8.81. The lowest BCUT2D eigenvalue weighted by atomic mass is 10.0. The number of ether oxygens (including phenoxy) is 4. The third kappa shape index (κ3) is 4.90. The van der Waals surface area contributed by atoms with E-state index in [1.807, 2.05) is 19.9 Å². The molecule has 130 valence electrons. The van der Waals surface area contributed by atoms with E-state index in [2.05, 4.69) is 24.0 Å². The van der Waals surface area contributed by atoms with Crippen molar-refractivity contribution in [3.8, 4) is 23.3 Å². The molecule has 0 aliphatic carbocycles. The maximum Gasteiger partial charge on any atom is 0.231 e. The fourth-order valence-electron chi connectivity index (χ4n) is 2.94. The standard InChI is InChI=1S/C20H26O4/c1-20(2)23-14-17(24-20)10-8-6-4-3-5-7-9-16-11-12-18-19(13-16)22-15-21-18/h11-13,17H,3-7,9,14-15H2,1-2H3/t17-/m1/s1. The molecule has 0 amide bonds. The van der Waals surface area contributed by atoms with Crippen LogP contribution in [0.2, 0.25) is 0 Å². The Kier molecular flexibility index (Phi) is 5.65. The largest absolute Gasteiger partial charge is 0.454 e. The van der Waals surface area contributed by atoms with Gasteiger partial charge in [-0.25, -0.2) is 0 Å². The molecular weight excluding hydrogens is 304 g/mol. The molecule has 24 heavy (non-hydrogen) atoms. The summed E-state index contributed by atoms with van der Waals surface area (Å²) in [5, 5.41) is 0. The minimum atomic E-state index is -0.478. The molecule has 0 aromatic heterocycles. The van der Waals surface area contributed by atoms with Crippen LogP contribution in [-0.4, -0.2) is 25.3 Å². The first-order chi connectivity index (χ1) is 11.6. The summed E-state index contributed by atoms with van der Waals surface area (Å²) in [6, 6.07) is 6.23. The van der Waals surface area contributed by atoms with Crippen LogP contribution in [0.15, 0.2) is 18.2 Å². The molecule has 1 aromatic carbocycles. The molecule has 0 saturated carbocycles. The monoisotopic (exact) mass is 330 g/mol. The van der Waals surface area contributed by atoms with E-state index in [0.29, 0.717) is 13.4 Å². The lowest BCUT2D eigenvalue weighted by Crippen LogP contribution is -2.20. The highest BCUT2D eigenvalue weighted by atomic mass is 16.7. The van der Waals surface area contributed by atoms with Crippen molar-refractivity contribution in [1.29, 1.82) is 0 Å². The highest BCUT2D eigenvalue weighted by molar-refractivity contribution is 5.44. The van der Waals surface area contributed by atoms with E-state index in [1.54, 1.807) is 0 Å². The third-order valence-corrected chi connectivity index (χ3v) is 4.23. The fraction of sp³-hybridized carbons (Fsp3) is 0.600. The SMILES string of the molecule is CC1(C)OC[C@@H](C#CCCCCCCc2ccc3c(c2)OCO3)O1. The molecule has 2 heterocycles. The van der Waals surface area contributed by atoms with E-state index in [1.165, 1.54) is 24.8 Å². The summed E-state index contributed by atoms with van der Waals surface area (Å²) >= 11 is 0. The quantitative estimate of drug-likeness (QED) is 0.582. The summed E-state index contributed by atoms with van der Waals surface area (Å²) in [5.74, 6) is 7.63. The second-order valence-electron chi connectivity index (χ2n) is 6.74. The van der Waals surface area contributed by atoms with Crippen molar-refractivity contribution in [2.75, 3.05) is 13.4 Å². The Morgan fingerprint density at radius 1 is 1.08 bits per heavy atom. The number of unbranched alkanes of at least 4 members (excludes halogenated alkanes) is 4. The number of rotatable bonds is 6. The van der Waals surface area contributed by atoms with Crippen LogP contribution < -0.4 is 9.47 Å². The second kappa shape index (κ2) is 7.92. The van der Waals surface area contributed by atoms with Crippen molar-refractivity contribution in [2.45, 2.75) is 64.3 Å². The summed E-state index contributed by atoms with van der Waals surface area (Å²) < 4.78 is 21.9. The summed E-state index contributed by atoms with van der Waals surface area (Å²) in [5.41, 5.74) is 1.32. The van der Waals surface area contributed by atoms with Crippen molar-refractivity contribution in [2.24, 2.45) is 0 Å². The van der Waals surface area contributed by atoms with Gasteiger partial charge in [0.1, 0.15) is 6.10 Å². The van der Waals surface area contributed by atoms with E-state index in [4.69, 9.17) is 18.9 Å². The minimum absolute atomic E-state index is 0.0639. The van der Waals surface area contributed by atoms with Gasteiger partial charge in [0.15, 0.2) is 17.3 Å². The smallest absolute Gasteiger partial charge is 0.231 e. The van der Waals surface area contributed by atoms with E-state index >= 15 is 0 Å². The number of hydrogen-bond donors (Lipinski definition) is 0. The molecule has 1 atom stereocenters. The molecular formula is C20H26O4. The zero-order valence-electron chi connectivity index (χ0n) is 14.6. The van der Waals surface area contributed by atoms with Crippen molar-refractivity contribution in [3.05, 3.63) is 23.8 Å². The Morgan fingerprint density at radius 3 is 2.75 bits per heavy atom. The molecule has 0 N–H and O–H groups in total. The van der Waals surface area contributed by atoms with E-state index < -0.39 is 5.79 Å². The van der Waals surface area contributed by atoms with Gasteiger partial charge in [0.2, 0.25) is 6.79 Å². The molecule has 1 fully saturated rings. The predicted molar refractivity (Wildman–Crippen MR) is 92.0 cm³/mol. The molecule has 0 radical (unpaired) electrons. The predicted octanol–water partition coefficient (Wildman–Crippen LogP) is 4.06. The van der Waals surface area contributed by atoms with Crippen LogP contribution in [0.25, 0.3) is 0 Å². The van der Waals surface area contributed by atoms with Crippen molar-refractivity contribution >= 4 is 0 Å². The molecule has 0 unspecified atom stereocenters. The number of benzene rings is 1. The minimum Gasteiger partial charge on any atom is -0.454 e. The Bertz CT molecular complexity index is 612. The van der Waals surface area contributed by atoms with Crippen LogP contribution in [0.5, 0.6) is 11.5 Å². The normalized spacial score (nSPS) is 20.7. The van der Waals surface area contributed by atoms with Crippen LogP contribution in [0.4, 0.5) is 0 Å². The van der Waals surface area contributed by atoms with Crippen LogP contribution in [0.1, 0.15) is 51.5 Å². The van der Waals surface area contributed by atoms with Gasteiger partial charge < -0.3 is 18.9 Å². The van der Waals surface area contributed by atoms with Crippen LogP contribution in [0.3, 0.4) is 0 Å². The highest BCUT2D eigenvalue weighted by Crippen LogP contribution is 2.32. The Hall–Kier alpha value is -1.70. The Labute approximate surface area is 144 Å². The lowest BCUT2D eigenvalue weighted by Gasteiger charge is -2.14. The van der Waals surface area contributed by atoms with Crippen molar-refractivity contribution < 1.29 is 18.9 Å². The van der Waals surface area contributed by atoms with Gasteiger partial charge in [-0.3, -0.25) is 0 Å². The molecule has 2 aliphatic heterocycles. The first kappa shape index (κ1) is 17.1. The second-order valence-corrected chi connectivity index (χ2v) is 6.74. The first-order valence-corrected chi connectivity index (χ1v) is 8.81. The number of fused-ring (bicyclic) bond motifs is 1. The van der Waals surface area contributed by atoms with Gasteiger partial charge in [-0.2, -0.15) is 0 Å². The summed E-state index contributed by atoms with van der Waals surface area (Å²) in [6.45, 7) is 4.77. The van der Waals surface area contributed by atoms with E-state index in [-0.39, 0.29) is 6.10 Å². The molecule has 3 rings (SSSR count). The van der Waals surface area contributed by atoms with Gasteiger partial charge in [0.25, 0.3) is 0 Å². The highest BCUT2D eigenvalue weighted by Gasteiger charge is 2.31. The maximum atomic E-state index is 5.66. The summed E-state index contributed by atoms with van der Waals surface area (Å²) in [4.78, 5) is 0. The van der Waals surface area contributed by atoms with Gasteiger partial charge in [0.05, 0.1) is 6.61 Å². The van der Waals surface area contributed by atoms with Gasteiger partial charge in [-0.05, 0) is 50.8 Å². The number of hydrogen-bond acceptors (Lipinski definition) is 4. The van der Waals surface area contributed by atoms with Crippen LogP contribution in [-0.2, 0) is 15.9 Å². The average molecular weight is 330 g/mol. The van der Waals surface area contributed by atoms with E-state index in [0.717, 1.165) is 30.8 Å². The van der Waals surface area contributed by atoms with Gasteiger partial charge in [-0.1, -0.05) is 24.8 Å². The molecule has 0 spiro atoms. The van der Waals surface area contributed by atoms with Crippen molar-refractivity contribution in [3.63, 3.8) is 0 Å². The van der Waals surface area contributed by atoms with Crippen LogP contribution >= 0.6 is 0 Å². The number of aryl methyl sites for hydroxylation is 1. The maximum absolute atomic E-state index is 5.66. The molecule has 2 aliphatic rings. The Morgan fingerprint density at radius 2 is 1.92 bits per heavy atom. The molecule has 1 aromatic rings. The molecule has 4 nitrogen and oxygen atoms in total. The summed E-state index contributed by atoms with van der Waals surface area (Å²) in [7, 11) is 0. The summed E-state index contributed by atoms with van der Waals surface area (Å²) in [6.07, 6.45) is 6.74. The Balaban J connectivity index is 1.26. The van der Waals surface area contributed by atoms with E-state index in [9.17, 15) is 0 Å². The van der Waals surface area contributed by atoms with Gasteiger partial charge in [0, 0.05) is 6.42 Å². The zero-order chi connectivity index (χ0) is 16.8. The van der Waals surface area contributed by atoms with Crippen molar-refractivity contribution in [1.82, 2.24) is 0 Å². The molecule has 1 saturated heterocycles. The molecule has 4 heteroatoms. The van der Waals surface area contributed by atoms with Gasteiger partial charge >= 0.3 is 0 Å². The third-order valence-electron chi connectivity index (χ3n) is 4.23. The fourth-order valence-corrected chi connectivity index (χ4v) is 2.94. The lowest BCUT2D eigenvalue weighted by molar-refractivity contribution is -0.132. The topological polar surface area (TPSA) is 36.9 Å².